The van der Waals surface area contributed by atoms with Gasteiger partial charge in [-0.05, 0) is 47.7 Å². The highest BCUT2D eigenvalue weighted by Gasteiger charge is 2.19. The second-order valence-corrected chi connectivity index (χ2v) is 7.63. The Hall–Kier alpha value is -2.86. The zero-order chi connectivity index (χ0) is 19.7. The SMILES string of the molecule is Cc1cc(Br)cc2c(N=O)c(O)n(CCCOc3cccc4ccccc34)c12. The number of hydrogen-bond acceptors (Lipinski definition) is 4. The van der Waals surface area contributed by atoms with Gasteiger partial charge < -0.3 is 14.4 Å². The molecule has 1 aromatic heterocycles. The van der Waals surface area contributed by atoms with Gasteiger partial charge in [0, 0.05) is 21.8 Å². The maximum Gasteiger partial charge on any atom is 0.222 e. The number of nitroso groups, excluding NO2 is 1. The third kappa shape index (κ3) is 3.24. The number of rotatable bonds is 6. The Morgan fingerprint density at radius 1 is 1.11 bits per heavy atom. The maximum atomic E-state index is 11.3. The topological polar surface area (TPSA) is 63.8 Å². The summed E-state index contributed by atoms with van der Waals surface area (Å²) < 4.78 is 8.57. The molecule has 1 N–H and O–H groups in total. The minimum atomic E-state index is -0.101. The van der Waals surface area contributed by atoms with E-state index in [1.807, 2.05) is 49.4 Å². The Morgan fingerprint density at radius 3 is 2.71 bits per heavy atom. The summed E-state index contributed by atoms with van der Waals surface area (Å²) in [5, 5.41) is 16.4. The summed E-state index contributed by atoms with van der Waals surface area (Å²) in [6, 6.07) is 17.9. The smallest absolute Gasteiger partial charge is 0.222 e. The minimum absolute atomic E-state index is 0.0781. The van der Waals surface area contributed by atoms with Gasteiger partial charge in [-0.1, -0.05) is 52.3 Å². The minimum Gasteiger partial charge on any atom is -0.493 e. The molecule has 0 aliphatic rings. The van der Waals surface area contributed by atoms with Gasteiger partial charge in [-0.3, -0.25) is 0 Å². The number of benzene rings is 3. The van der Waals surface area contributed by atoms with E-state index in [0.29, 0.717) is 25.0 Å². The van der Waals surface area contributed by atoms with Gasteiger partial charge in [0.1, 0.15) is 5.75 Å². The molecule has 28 heavy (non-hydrogen) atoms. The Morgan fingerprint density at radius 2 is 1.89 bits per heavy atom. The molecule has 0 fully saturated rings. The first-order valence-electron chi connectivity index (χ1n) is 9.05. The van der Waals surface area contributed by atoms with Gasteiger partial charge in [0.15, 0.2) is 5.69 Å². The van der Waals surface area contributed by atoms with Crippen molar-refractivity contribution < 1.29 is 9.84 Å². The quantitative estimate of drug-likeness (QED) is 0.278. The standard InChI is InChI=1S/C22H19BrN2O3/c1-14-12-16(23)13-18-20(24-27)22(26)25(21(14)18)10-5-11-28-19-9-4-7-15-6-2-3-8-17(15)19/h2-4,6-9,12-13,26H,5,10-11H2,1H3. The number of fused-ring (bicyclic) bond motifs is 2. The predicted octanol–water partition coefficient (Wildman–Crippen LogP) is 6.44. The third-order valence-corrected chi connectivity index (χ3v) is 5.34. The zero-order valence-corrected chi connectivity index (χ0v) is 16.9. The zero-order valence-electron chi connectivity index (χ0n) is 15.4. The molecule has 0 saturated heterocycles. The molecular weight excluding hydrogens is 420 g/mol. The monoisotopic (exact) mass is 438 g/mol. The molecule has 5 nitrogen and oxygen atoms in total. The first-order chi connectivity index (χ1) is 13.6. The van der Waals surface area contributed by atoms with Crippen LogP contribution in [0.2, 0.25) is 0 Å². The molecule has 0 bridgehead atoms. The van der Waals surface area contributed by atoms with Gasteiger partial charge in [0.05, 0.1) is 12.1 Å². The van der Waals surface area contributed by atoms with Crippen molar-refractivity contribution in [3.63, 3.8) is 0 Å². The van der Waals surface area contributed by atoms with Crippen LogP contribution in [0.5, 0.6) is 11.6 Å². The lowest BCUT2D eigenvalue weighted by molar-refractivity contribution is 0.301. The van der Waals surface area contributed by atoms with E-state index in [2.05, 4.69) is 33.2 Å². The van der Waals surface area contributed by atoms with Gasteiger partial charge in [-0.2, -0.15) is 0 Å². The fourth-order valence-electron chi connectivity index (χ4n) is 3.66. The lowest BCUT2D eigenvalue weighted by Crippen LogP contribution is -2.05. The highest BCUT2D eigenvalue weighted by molar-refractivity contribution is 9.10. The summed E-state index contributed by atoms with van der Waals surface area (Å²) in [5.74, 6) is 0.742. The van der Waals surface area contributed by atoms with E-state index >= 15 is 0 Å². The lowest BCUT2D eigenvalue weighted by Gasteiger charge is -2.11. The average molecular weight is 439 g/mol. The number of aromatic nitrogens is 1. The van der Waals surface area contributed by atoms with Crippen molar-refractivity contribution in [1.82, 2.24) is 4.57 Å². The fraction of sp³-hybridized carbons (Fsp3) is 0.182. The Labute approximate surface area is 170 Å². The van der Waals surface area contributed by atoms with Crippen LogP contribution in [-0.2, 0) is 6.54 Å². The molecule has 4 rings (SSSR count). The van der Waals surface area contributed by atoms with Crippen LogP contribution in [0.15, 0.2) is 64.2 Å². The van der Waals surface area contributed by atoms with Crippen LogP contribution in [0.3, 0.4) is 0 Å². The summed E-state index contributed by atoms with van der Waals surface area (Å²) in [4.78, 5) is 11.3. The first kappa shape index (κ1) is 18.5. The third-order valence-electron chi connectivity index (χ3n) is 4.88. The fourth-order valence-corrected chi connectivity index (χ4v) is 4.23. The van der Waals surface area contributed by atoms with Crippen LogP contribution in [0.4, 0.5) is 5.69 Å². The second kappa shape index (κ2) is 7.64. The number of aryl methyl sites for hydroxylation is 2. The molecule has 3 aromatic carbocycles. The second-order valence-electron chi connectivity index (χ2n) is 6.71. The normalized spacial score (nSPS) is 11.2. The van der Waals surface area contributed by atoms with E-state index in [0.717, 1.165) is 32.1 Å². The molecule has 0 amide bonds. The summed E-state index contributed by atoms with van der Waals surface area (Å²) >= 11 is 3.44. The van der Waals surface area contributed by atoms with Crippen molar-refractivity contribution in [2.24, 2.45) is 5.18 Å². The van der Waals surface area contributed by atoms with Crippen LogP contribution in [0.1, 0.15) is 12.0 Å². The van der Waals surface area contributed by atoms with Crippen molar-refractivity contribution in [2.75, 3.05) is 6.61 Å². The van der Waals surface area contributed by atoms with E-state index in [-0.39, 0.29) is 11.6 Å². The van der Waals surface area contributed by atoms with Crippen LogP contribution < -0.4 is 4.74 Å². The molecular formula is C22H19BrN2O3. The lowest BCUT2D eigenvalue weighted by atomic mass is 10.1. The van der Waals surface area contributed by atoms with Gasteiger partial charge >= 0.3 is 0 Å². The van der Waals surface area contributed by atoms with E-state index in [4.69, 9.17) is 4.74 Å². The highest BCUT2D eigenvalue weighted by atomic mass is 79.9. The number of ether oxygens (including phenoxy) is 1. The summed E-state index contributed by atoms with van der Waals surface area (Å²) in [7, 11) is 0. The molecule has 0 aliphatic carbocycles. The molecule has 0 spiro atoms. The van der Waals surface area contributed by atoms with E-state index in [1.165, 1.54) is 0 Å². The van der Waals surface area contributed by atoms with E-state index < -0.39 is 0 Å². The maximum absolute atomic E-state index is 11.3. The van der Waals surface area contributed by atoms with Crippen molar-refractivity contribution in [2.45, 2.75) is 19.9 Å². The molecule has 4 aromatic rings. The van der Waals surface area contributed by atoms with E-state index in [9.17, 15) is 10.0 Å². The van der Waals surface area contributed by atoms with Gasteiger partial charge in [-0.15, -0.1) is 4.91 Å². The Bertz CT molecular complexity index is 1180. The predicted molar refractivity (Wildman–Crippen MR) is 116 cm³/mol. The largest absolute Gasteiger partial charge is 0.493 e. The van der Waals surface area contributed by atoms with Crippen molar-refractivity contribution >= 4 is 43.3 Å². The van der Waals surface area contributed by atoms with Gasteiger partial charge in [0.2, 0.25) is 5.88 Å². The van der Waals surface area contributed by atoms with E-state index in [1.54, 1.807) is 4.57 Å². The van der Waals surface area contributed by atoms with Gasteiger partial charge in [-0.25, -0.2) is 0 Å². The molecule has 0 saturated carbocycles. The van der Waals surface area contributed by atoms with Gasteiger partial charge in [0.25, 0.3) is 0 Å². The average Bonchev–Trinajstić information content (AvgIpc) is 2.96. The molecule has 0 radical (unpaired) electrons. The van der Waals surface area contributed by atoms with Crippen LogP contribution >= 0.6 is 15.9 Å². The highest BCUT2D eigenvalue weighted by Crippen LogP contribution is 2.41. The van der Waals surface area contributed by atoms with Crippen molar-refractivity contribution in [3.05, 3.63) is 69.5 Å². The number of hydrogen-bond donors (Lipinski definition) is 1. The number of aromatic hydroxyl groups is 1. The van der Waals surface area contributed by atoms with Crippen LogP contribution in [0.25, 0.3) is 21.7 Å². The molecule has 0 aliphatic heterocycles. The Balaban J connectivity index is 1.55. The summed E-state index contributed by atoms with van der Waals surface area (Å²) in [6.45, 7) is 2.96. The van der Waals surface area contributed by atoms with Crippen LogP contribution in [-0.4, -0.2) is 16.3 Å². The summed E-state index contributed by atoms with van der Waals surface area (Å²) in [6.07, 6.45) is 0.675. The van der Waals surface area contributed by atoms with Crippen LogP contribution in [0, 0.1) is 11.8 Å². The first-order valence-corrected chi connectivity index (χ1v) is 9.84. The number of halogens is 1. The molecule has 6 heteroatoms. The number of nitrogens with zero attached hydrogens (tertiary/aromatic N) is 2. The summed E-state index contributed by atoms with van der Waals surface area (Å²) in [5.41, 5.74) is 1.86. The molecule has 0 atom stereocenters. The molecule has 1 heterocycles. The molecule has 142 valence electrons. The van der Waals surface area contributed by atoms with Crippen molar-refractivity contribution in [1.29, 1.82) is 0 Å². The molecule has 0 unspecified atom stereocenters. The van der Waals surface area contributed by atoms with Crippen molar-refractivity contribution in [3.8, 4) is 11.6 Å². The Kier molecular flexibility index (Phi) is 5.05.